The fourth-order valence-electron chi connectivity index (χ4n) is 3.58. The minimum atomic E-state index is -0.305. The molecule has 0 atom stereocenters. The second kappa shape index (κ2) is 8.25. The normalized spacial score (nSPS) is 13.7. The van der Waals surface area contributed by atoms with Gasteiger partial charge in [-0.25, -0.2) is 0 Å². The molecule has 1 aliphatic heterocycles. The lowest BCUT2D eigenvalue weighted by atomic mass is 10.0. The summed E-state index contributed by atoms with van der Waals surface area (Å²) >= 11 is 0. The first-order chi connectivity index (χ1) is 14.6. The predicted octanol–water partition coefficient (Wildman–Crippen LogP) is 4.11. The molecule has 3 aromatic carbocycles. The molecule has 0 N–H and O–H groups in total. The molecule has 0 fully saturated rings. The number of hydrogen-bond donors (Lipinski definition) is 0. The summed E-state index contributed by atoms with van der Waals surface area (Å²) in [4.78, 5) is 29.9. The minimum Gasteiger partial charge on any atom is -0.497 e. The summed E-state index contributed by atoms with van der Waals surface area (Å²) in [5.74, 6) is 0.131. The summed E-state index contributed by atoms with van der Waals surface area (Å²) in [7, 11) is 3.42. The molecule has 5 nitrogen and oxygen atoms in total. The van der Waals surface area contributed by atoms with Gasteiger partial charge in [-0.15, -0.1) is 0 Å². The van der Waals surface area contributed by atoms with E-state index in [0.717, 1.165) is 22.6 Å². The molecule has 30 heavy (non-hydrogen) atoms. The number of para-hydroxylation sites is 1. The molecule has 1 heterocycles. The van der Waals surface area contributed by atoms with Crippen molar-refractivity contribution in [1.82, 2.24) is 4.90 Å². The van der Waals surface area contributed by atoms with Gasteiger partial charge < -0.3 is 9.64 Å². The second-order valence-electron chi connectivity index (χ2n) is 7.03. The number of methoxy groups -OCH3 is 1. The molecular weight excluding hydrogens is 376 g/mol. The van der Waals surface area contributed by atoms with Crippen LogP contribution in [0.25, 0.3) is 5.57 Å². The number of likely N-dealkylation sites (N-methyl/N-ethyl adjacent to an activating group) is 1. The lowest BCUT2D eigenvalue weighted by Gasteiger charge is -2.21. The van der Waals surface area contributed by atoms with Crippen molar-refractivity contribution < 1.29 is 14.3 Å². The van der Waals surface area contributed by atoms with Gasteiger partial charge in [0.15, 0.2) is 0 Å². The topological polar surface area (TPSA) is 49.9 Å². The number of hydrogen-bond acceptors (Lipinski definition) is 4. The average Bonchev–Trinajstić information content (AvgIpc) is 3.05. The van der Waals surface area contributed by atoms with Gasteiger partial charge in [-0.1, -0.05) is 60.7 Å². The number of imide groups is 1. The number of benzene rings is 3. The summed E-state index contributed by atoms with van der Waals surface area (Å²) in [6.45, 7) is 0.199. The Morgan fingerprint density at radius 3 is 2.00 bits per heavy atom. The quantitative estimate of drug-likeness (QED) is 0.587. The standard InChI is InChI=1S/C25H22N2O3/c1-26(20-11-7-4-8-12-20)23-22(19-9-5-3-6-10-19)24(28)27(25(23)29)17-18-13-15-21(30-2)16-14-18/h3-16H,17H2,1-2H3. The first-order valence-electron chi connectivity index (χ1n) is 9.67. The summed E-state index contributed by atoms with van der Waals surface area (Å²) in [5.41, 5.74) is 3.22. The lowest BCUT2D eigenvalue weighted by Crippen LogP contribution is -2.33. The van der Waals surface area contributed by atoms with E-state index in [-0.39, 0.29) is 18.4 Å². The molecule has 0 unspecified atom stereocenters. The van der Waals surface area contributed by atoms with Crippen LogP contribution >= 0.6 is 0 Å². The number of carbonyl (C=O) groups is 2. The first-order valence-corrected chi connectivity index (χ1v) is 9.67. The van der Waals surface area contributed by atoms with E-state index in [9.17, 15) is 9.59 Å². The molecule has 0 aliphatic carbocycles. The Bertz CT molecular complexity index is 1090. The summed E-state index contributed by atoms with van der Waals surface area (Å²) in [6.07, 6.45) is 0. The van der Waals surface area contributed by atoms with E-state index < -0.39 is 0 Å². The number of carbonyl (C=O) groups excluding carboxylic acids is 2. The van der Waals surface area contributed by atoms with Crippen LogP contribution in [0.15, 0.2) is 90.6 Å². The Kier molecular flexibility index (Phi) is 5.35. The largest absolute Gasteiger partial charge is 0.497 e. The Hall–Kier alpha value is -3.86. The van der Waals surface area contributed by atoms with Crippen molar-refractivity contribution in [1.29, 1.82) is 0 Å². The maximum atomic E-state index is 13.4. The minimum absolute atomic E-state index is 0.199. The third-order valence-electron chi connectivity index (χ3n) is 5.18. The van der Waals surface area contributed by atoms with Crippen LogP contribution in [-0.2, 0) is 16.1 Å². The number of ether oxygens (including phenoxy) is 1. The maximum absolute atomic E-state index is 13.4. The van der Waals surface area contributed by atoms with Crippen LogP contribution in [0.3, 0.4) is 0 Å². The fourth-order valence-corrected chi connectivity index (χ4v) is 3.58. The van der Waals surface area contributed by atoms with Gasteiger partial charge in [0.1, 0.15) is 11.4 Å². The molecule has 0 radical (unpaired) electrons. The molecular formula is C25H22N2O3. The van der Waals surface area contributed by atoms with Crippen molar-refractivity contribution in [2.45, 2.75) is 6.54 Å². The molecule has 0 saturated heterocycles. The number of anilines is 1. The molecule has 150 valence electrons. The van der Waals surface area contributed by atoms with E-state index >= 15 is 0 Å². The van der Waals surface area contributed by atoms with Crippen molar-refractivity contribution in [3.05, 3.63) is 102 Å². The van der Waals surface area contributed by atoms with Gasteiger partial charge in [-0.3, -0.25) is 14.5 Å². The van der Waals surface area contributed by atoms with Crippen molar-refractivity contribution in [2.24, 2.45) is 0 Å². The van der Waals surface area contributed by atoms with Crippen LogP contribution in [-0.4, -0.2) is 30.9 Å². The van der Waals surface area contributed by atoms with Gasteiger partial charge in [0.05, 0.1) is 19.2 Å². The van der Waals surface area contributed by atoms with Crippen LogP contribution in [0.5, 0.6) is 5.75 Å². The highest BCUT2D eigenvalue weighted by Crippen LogP contribution is 2.34. The van der Waals surface area contributed by atoms with Crippen LogP contribution in [0.4, 0.5) is 5.69 Å². The molecule has 1 aliphatic rings. The van der Waals surface area contributed by atoms with Crippen molar-refractivity contribution in [3.8, 4) is 5.75 Å². The van der Waals surface area contributed by atoms with E-state index in [1.807, 2.05) is 92.0 Å². The Morgan fingerprint density at radius 2 is 1.40 bits per heavy atom. The van der Waals surface area contributed by atoms with Crippen molar-refractivity contribution in [3.63, 3.8) is 0 Å². The number of amides is 2. The number of rotatable bonds is 6. The molecule has 0 bridgehead atoms. The second-order valence-corrected chi connectivity index (χ2v) is 7.03. The molecule has 2 amide bonds. The lowest BCUT2D eigenvalue weighted by molar-refractivity contribution is -0.137. The van der Waals surface area contributed by atoms with Crippen LogP contribution in [0.1, 0.15) is 11.1 Å². The highest BCUT2D eigenvalue weighted by atomic mass is 16.5. The zero-order valence-electron chi connectivity index (χ0n) is 16.9. The highest BCUT2D eigenvalue weighted by Gasteiger charge is 2.41. The SMILES string of the molecule is COc1ccc(CN2C(=O)C(c3ccccc3)=C(N(C)c3ccccc3)C2=O)cc1. The van der Waals surface area contributed by atoms with Gasteiger partial charge >= 0.3 is 0 Å². The molecule has 4 rings (SSSR count). The first kappa shape index (κ1) is 19.5. The maximum Gasteiger partial charge on any atom is 0.278 e. The predicted molar refractivity (Wildman–Crippen MR) is 117 cm³/mol. The molecule has 5 heteroatoms. The Morgan fingerprint density at radius 1 is 0.800 bits per heavy atom. The zero-order valence-corrected chi connectivity index (χ0v) is 16.9. The van der Waals surface area contributed by atoms with E-state index in [1.54, 1.807) is 12.0 Å². The van der Waals surface area contributed by atoms with Gasteiger partial charge in [-0.05, 0) is 35.4 Å². The van der Waals surface area contributed by atoms with E-state index in [0.29, 0.717) is 11.3 Å². The molecule has 0 aromatic heterocycles. The highest BCUT2D eigenvalue weighted by molar-refractivity contribution is 6.36. The van der Waals surface area contributed by atoms with Crippen LogP contribution in [0, 0.1) is 0 Å². The third-order valence-corrected chi connectivity index (χ3v) is 5.18. The van der Waals surface area contributed by atoms with Crippen molar-refractivity contribution >= 4 is 23.1 Å². The Balaban J connectivity index is 1.74. The average molecular weight is 398 g/mol. The molecule has 0 saturated carbocycles. The molecule has 3 aromatic rings. The van der Waals surface area contributed by atoms with Crippen LogP contribution < -0.4 is 9.64 Å². The molecule has 0 spiro atoms. The Labute approximate surface area is 175 Å². The number of nitrogens with zero attached hydrogens (tertiary/aromatic N) is 2. The van der Waals surface area contributed by atoms with Gasteiger partial charge in [0.25, 0.3) is 11.8 Å². The van der Waals surface area contributed by atoms with E-state index in [2.05, 4.69) is 0 Å². The smallest absolute Gasteiger partial charge is 0.278 e. The van der Waals surface area contributed by atoms with E-state index in [4.69, 9.17) is 4.74 Å². The van der Waals surface area contributed by atoms with E-state index in [1.165, 1.54) is 4.90 Å². The van der Waals surface area contributed by atoms with Crippen molar-refractivity contribution in [2.75, 3.05) is 19.1 Å². The van der Waals surface area contributed by atoms with Gasteiger partial charge in [0, 0.05) is 12.7 Å². The van der Waals surface area contributed by atoms with Crippen LogP contribution in [0.2, 0.25) is 0 Å². The third kappa shape index (κ3) is 3.57. The zero-order chi connectivity index (χ0) is 21.1. The van der Waals surface area contributed by atoms with Gasteiger partial charge in [-0.2, -0.15) is 0 Å². The summed E-state index contributed by atoms with van der Waals surface area (Å²) < 4.78 is 5.19. The fraction of sp³-hybridized carbons (Fsp3) is 0.120. The van der Waals surface area contributed by atoms with Gasteiger partial charge in [0.2, 0.25) is 0 Å². The summed E-state index contributed by atoms with van der Waals surface area (Å²) in [5, 5.41) is 0. The monoisotopic (exact) mass is 398 g/mol. The summed E-state index contributed by atoms with van der Waals surface area (Å²) in [6, 6.07) is 26.3.